The zero-order valence-electron chi connectivity index (χ0n) is 16.4. The number of carboxylic acids is 1. The van der Waals surface area contributed by atoms with E-state index in [2.05, 4.69) is 20.2 Å². The SMILES string of the molecule is CO[C@H]1CN(c2nc3cccc(C(=O)O)c3s2)CC[C@H]1NC(=O)c1cc(Cl)c(C)[nH]1. The largest absolute Gasteiger partial charge is 0.478 e. The Bertz CT molecular complexity index is 1090. The lowest BCUT2D eigenvalue weighted by molar-refractivity contribution is 0.0540. The highest BCUT2D eigenvalue weighted by Gasteiger charge is 2.32. The fourth-order valence-electron chi connectivity index (χ4n) is 3.64. The zero-order valence-corrected chi connectivity index (χ0v) is 18.0. The predicted octanol–water partition coefficient (Wildman–Crippen LogP) is 3.31. The molecule has 3 aromatic rings. The number of thiazole rings is 1. The van der Waals surface area contributed by atoms with Gasteiger partial charge in [0.1, 0.15) is 5.69 Å². The molecule has 0 spiro atoms. The molecular weight excluding hydrogens is 428 g/mol. The number of carbonyl (C=O) groups excluding carboxylic acids is 1. The molecule has 0 bridgehead atoms. The zero-order chi connectivity index (χ0) is 21.4. The van der Waals surface area contributed by atoms with Gasteiger partial charge in [0.05, 0.1) is 32.9 Å². The molecule has 3 N–H and O–H groups in total. The van der Waals surface area contributed by atoms with E-state index >= 15 is 0 Å². The Morgan fingerprint density at radius 1 is 1.43 bits per heavy atom. The summed E-state index contributed by atoms with van der Waals surface area (Å²) in [5, 5.41) is 13.7. The molecule has 30 heavy (non-hydrogen) atoms. The van der Waals surface area contributed by atoms with E-state index in [4.69, 9.17) is 16.3 Å². The number of nitrogens with one attached hydrogen (secondary N) is 2. The number of aromatic amines is 1. The summed E-state index contributed by atoms with van der Waals surface area (Å²) in [5.74, 6) is -1.19. The molecule has 0 unspecified atom stereocenters. The van der Waals surface area contributed by atoms with Crippen molar-refractivity contribution in [3.05, 3.63) is 46.2 Å². The number of piperidine rings is 1. The van der Waals surface area contributed by atoms with E-state index in [1.54, 1.807) is 25.3 Å². The van der Waals surface area contributed by atoms with Crippen molar-refractivity contribution in [3.8, 4) is 0 Å². The quantitative estimate of drug-likeness (QED) is 0.552. The van der Waals surface area contributed by atoms with Gasteiger partial charge in [-0.15, -0.1) is 0 Å². The van der Waals surface area contributed by atoms with Crippen molar-refractivity contribution in [1.82, 2.24) is 15.3 Å². The third-order valence-corrected chi connectivity index (χ3v) is 6.84. The molecule has 1 fully saturated rings. The summed E-state index contributed by atoms with van der Waals surface area (Å²) in [4.78, 5) is 33.7. The van der Waals surface area contributed by atoms with Crippen LogP contribution in [0.25, 0.3) is 10.2 Å². The lowest BCUT2D eigenvalue weighted by Gasteiger charge is -2.37. The first kappa shape index (κ1) is 20.6. The number of carboxylic acid groups (broad SMARTS) is 1. The number of amides is 1. The van der Waals surface area contributed by atoms with Crippen LogP contribution in [-0.4, -0.2) is 59.3 Å². The van der Waals surface area contributed by atoms with Crippen molar-refractivity contribution in [2.75, 3.05) is 25.1 Å². The number of methoxy groups -OCH3 is 1. The number of carbonyl (C=O) groups is 2. The van der Waals surface area contributed by atoms with E-state index in [-0.39, 0.29) is 23.6 Å². The number of nitrogens with zero attached hydrogens (tertiary/aromatic N) is 2. The summed E-state index contributed by atoms with van der Waals surface area (Å²) >= 11 is 7.40. The van der Waals surface area contributed by atoms with Crippen LogP contribution in [-0.2, 0) is 4.74 Å². The van der Waals surface area contributed by atoms with Crippen LogP contribution in [0.4, 0.5) is 5.13 Å². The molecule has 2 aromatic heterocycles. The highest BCUT2D eigenvalue weighted by molar-refractivity contribution is 7.22. The molecule has 3 heterocycles. The Kier molecular flexibility index (Phi) is 5.68. The van der Waals surface area contributed by atoms with Gasteiger partial charge in [-0.3, -0.25) is 4.79 Å². The number of halogens is 1. The number of aromatic carboxylic acids is 1. The average Bonchev–Trinajstić information content (AvgIpc) is 3.31. The van der Waals surface area contributed by atoms with Crippen LogP contribution in [0.2, 0.25) is 5.02 Å². The molecule has 1 saturated heterocycles. The van der Waals surface area contributed by atoms with E-state index in [0.717, 1.165) is 10.8 Å². The van der Waals surface area contributed by atoms with Crippen molar-refractivity contribution in [3.63, 3.8) is 0 Å². The molecule has 1 aliphatic rings. The molecule has 158 valence electrons. The first-order valence-corrected chi connectivity index (χ1v) is 10.6. The number of hydrogen-bond donors (Lipinski definition) is 3. The van der Waals surface area contributed by atoms with E-state index < -0.39 is 5.97 Å². The van der Waals surface area contributed by atoms with Crippen LogP contribution in [0.5, 0.6) is 0 Å². The normalized spacial score (nSPS) is 19.2. The molecule has 10 heteroatoms. The second kappa shape index (κ2) is 8.25. The molecule has 4 rings (SSSR count). The first-order chi connectivity index (χ1) is 14.4. The second-order valence-electron chi connectivity index (χ2n) is 7.20. The number of fused-ring (bicyclic) bond motifs is 1. The van der Waals surface area contributed by atoms with Crippen LogP contribution in [0.3, 0.4) is 0 Å². The minimum absolute atomic E-state index is 0.162. The van der Waals surface area contributed by atoms with Gasteiger partial charge in [0.25, 0.3) is 5.91 Å². The van der Waals surface area contributed by atoms with Gasteiger partial charge >= 0.3 is 5.97 Å². The Balaban J connectivity index is 1.49. The molecule has 1 aliphatic heterocycles. The van der Waals surface area contributed by atoms with Gasteiger partial charge in [-0.25, -0.2) is 9.78 Å². The van der Waals surface area contributed by atoms with Crippen molar-refractivity contribution in [2.24, 2.45) is 0 Å². The van der Waals surface area contributed by atoms with Crippen molar-refractivity contribution >= 4 is 50.2 Å². The van der Waals surface area contributed by atoms with Gasteiger partial charge in [-0.2, -0.15) is 0 Å². The molecular formula is C20H21ClN4O4S. The maximum atomic E-state index is 12.6. The predicted molar refractivity (Wildman–Crippen MR) is 116 cm³/mol. The van der Waals surface area contributed by atoms with Gasteiger partial charge in [0, 0.05) is 25.9 Å². The number of anilines is 1. The maximum Gasteiger partial charge on any atom is 0.337 e. The third-order valence-electron chi connectivity index (χ3n) is 5.28. The van der Waals surface area contributed by atoms with Gasteiger partial charge in [0.2, 0.25) is 0 Å². The third kappa shape index (κ3) is 3.88. The second-order valence-corrected chi connectivity index (χ2v) is 8.58. The number of benzene rings is 1. The van der Waals surface area contributed by atoms with Crippen molar-refractivity contribution in [2.45, 2.75) is 25.5 Å². The molecule has 0 aliphatic carbocycles. The molecule has 2 atom stereocenters. The molecule has 1 amide bonds. The van der Waals surface area contributed by atoms with Crippen LogP contribution in [0.15, 0.2) is 24.3 Å². The van der Waals surface area contributed by atoms with Gasteiger partial charge in [-0.05, 0) is 31.5 Å². The number of ether oxygens (including phenoxy) is 1. The number of aromatic nitrogens is 2. The van der Waals surface area contributed by atoms with Gasteiger partial charge < -0.3 is 25.0 Å². The summed E-state index contributed by atoms with van der Waals surface area (Å²) in [6.07, 6.45) is 0.430. The summed E-state index contributed by atoms with van der Waals surface area (Å²) in [6.45, 7) is 3.01. The van der Waals surface area contributed by atoms with Gasteiger partial charge in [-0.1, -0.05) is 29.0 Å². The lowest BCUT2D eigenvalue weighted by Crippen LogP contribution is -2.55. The first-order valence-electron chi connectivity index (χ1n) is 9.44. The highest BCUT2D eigenvalue weighted by atomic mass is 35.5. The molecule has 1 aromatic carbocycles. The Hall–Kier alpha value is -2.62. The van der Waals surface area contributed by atoms with E-state index in [1.165, 1.54) is 11.3 Å². The van der Waals surface area contributed by atoms with E-state index in [9.17, 15) is 14.7 Å². The summed E-state index contributed by atoms with van der Waals surface area (Å²) in [5.41, 5.74) is 2.08. The number of aryl methyl sites for hydroxylation is 1. The fourth-order valence-corrected chi connectivity index (χ4v) is 4.90. The Morgan fingerprint density at radius 2 is 2.23 bits per heavy atom. The molecule has 0 radical (unpaired) electrons. The standard InChI is InChI=1S/C20H21ClN4O4S/c1-10-12(21)8-15(22-10)18(26)23-13-6-7-25(9-16(13)29-2)20-24-14-5-3-4-11(19(27)28)17(14)30-20/h3-5,8,13,16,22H,6-7,9H2,1-2H3,(H,23,26)(H,27,28)/t13-,16+/m1/s1. The monoisotopic (exact) mass is 448 g/mol. The molecule has 0 saturated carbocycles. The number of H-pyrrole nitrogens is 1. The van der Waals surface area contributed by atoms with Gasteiger partial charge in [0.15, 0.2) is 5.13 Å². The van der Waals surface area contributed by atoms with E-state index in [0.29, 0.717) is 40.4 Å². The van der Waals surface area contributed by atoms with Crippen LogP contribution in [0, 0.1) is 6.92 Å². The minimum atomic E-state index is -0.966. The maximum absolute atomic E-state index is 12.6. The van der Waals surface area contributed by atoms with Crippen molar-refractivity contribution in [1.29, 1.82) is 0 Å². The Morgan fingerprint density at radius 3 is 2.90 bits per heavy atom. The number of rotatable bonds is 5. The minimum Gasteiger partial charge on any atom is -0.478 e. The van der Waals surface area contributed by atoms with E-state index in [1.807, 2.05) is 13.0 Å². The summed E-state index contributed by atoms with van der Waals surface area (Å²) in [6, 6.07) is 6.55. The van der Waals surface area contributed by atoms with Crippen LogP contribution in [0.1, 0.15) is 33.0 Å². The smallest absolute Gasteiger partial charge is 0.337 e. The summed E-state index contributed by atoms with van der Waals surface area (Å²) < 4.78 is 6.30. The van der Waals surface area contributed by atoms with Crippen molar-refractivity contribution < 1.29 is 19.4 Å². The fraction of sp³-hybridized carbons (Fsp3) is 0.350. The molecule has 8 nitrogen and oxygen atoms in total. The van der Waals surface area contributed by atoms with Crippen LogP contribution >= 0.6 is 22.9 Å². The van der Waals surface area contributed by atoms with Crippen LogP contribution < -0.4 is 10.2 Å². The number of hydrogen-bond acceptors (Lipinski definition) is 6. The lowest BCUT2D eigenvalue weighted by atomic mass is 10.0. The average molecular weight is 449 g/mol. The topological polar surface area (TPSA) is 108 Å². The highest BCUT2D eigenvalue weighted by Crippen LogP contribution is 2.33. The summed E-state index contributed by atoms with van der Waals surface area (Å²) in [7, 11) is 1.61. The Labute approximate surface area is 181 Å².